The van der Waals surface area contributed by atoms with Crippen molar-refractivity contribution >= 4 is 0 Å². The maximum Gasteiger partial charge on any atom is 0.111 e. The summed E-state index contributed by atoms with van der Waals surface area (Å²) in [4.78, 5) is 0. The molecule has 0 unspecified atom stereocenters. The predicted molar refractivity (Wildman–Crippen MR) is 124 cm³/mol. The molecule has 1 aliphatic rings. The van der Waals surface area contributed by atoms with Crippen molar-refractivity contribution in [3.63, 3.8) is 0 Å². The minimum absolute atomic E-state index is 0.510. The van der Waals surface area contributed by atoms with Crippen LogP contribution in [0.1, 0.15) is 25.7 Å². The number of hydrogen-bond donors (Lipinski definition) is 0. The Bertz CT molecular complexity index is 446. The van der Waals surface area contributed by atoms with Crippen LogP contribution in [0.4, 0.5) is 0 Å². The Morgan fingerprint density at radius 3 is 1.30 bits per heavy atom. The molecule has 0 saturated carbocycles. The van der Waals surface area contributed by atoms with Crippen LogP contribution in [0.3, 0.4) is 0 Å². The van der Waals surface area contributed by atoms with Gasteiger partial charge in [0.25, 0.3) is 0 Å². The van der Waals surface area contributed by atoms with E-state index in [2.05, 4.69) is 12.7 Å². The first-order valence-electron chi connectivity index (χ1n) is 12.0. The molecule has 0 spiro atoms. The van der Waals surface area contributed by atoms with E-state index in [1.54, 1.807) is 0 Å². The van der Waals surface area contributed by atoms with E-state index < -0.39 is 0 Å². The normalized spacial score (nSPS) is 13.6. The molecular formula is C24H44O9. The van der Waals surface area contributed by atoms with Crippen molar-refractivity contribution in [2.75, 3.05) is 106 Å². The van der Waals surface area contributed by atoms with Crippen LogP contribution in [0.2, 0.25) is 0 Å². The molecule has 0 N–H and O–H groups in total. The molecule has 0 aromatic heterocycles. The second-order valence-electron chi connectivity index (χ2n) is 7.09. The third-order valence-electron chi connectivity index (χ3n) is 4.46. The minimum atomic E-state index is 0.510. The summed E-state index contributed by atoms with van der Waals surface area (Å²) in [5.74, 6) is 1.11. The van der Waals surface area contributed by atoms with Gasteiger partial charge in [-0.3, -0.25) is 0 Å². The standard InChI is InChI=1S/C24H44O9/c1-2-25-8-9-26-10-11-27-12-13-28-14-15-29-16-17-30-18-19-31-20-21-32-22-23-33-24-6-4-3-5-7-24/h2,6H,1,3-5,7-23H2. The van der Waals surface area contributed by atoms with Crippen LogP contribution in [0.25, 0.3) is 0 Å². The van der Waals surface area contributed by atoms with E-state index in [9.17, 15) is 0 Å². The van der Waals surface area contributed by atoms with Gasteiger partial charge in [0, 0.05) is 6.42 Å². The van der Waals surface area contributed by atoms with Crippen LogP contribution < -0.4 is 0 Å². The molecule has 0 fully saturated rings. The molecule has 0 saturated heterocycles. The molecule has 9 nitrogen and oxygen atoms in total. The van der Waals surface area contributed by atoms with Crippen LogP contribution in [0.5, 0.6) is 0 Å². The van der Waals surface area contributed by atoms with E-state index >= 15 is 0 Å². The van der Waals surface area contributed by atoms with Gasteiger partial charge < -0.3 is 42.6 Å². The van der Waals surface area contributed by atoms with E-state index in [0.717, 1.165) is 18.6 Å². The van der Waals surface area contributed by atoms with E-state index in [-0.39, 0.29) is 0 Å². The van der Waals surface area contributed by atoms with E-state index in [1.807, 2.05) is 0 Å². The lowest BCUT2D eigenvalue weighted by atomic mass is 10.1. The topological polar surface area (TPSA) is 83.1 Å². The average molecular weight is 477 g/mol. The van der Waals surface area contributed by atoms with Crippen LogP contribution in [-0.2, 0) is 42.6 Å². The largest absolute Gasteiger partial charge is 0.499 e. The van der Waals surface area contributed by atoms with E-state index in [1.165, 1.54) is 19.1 Å². The van der Waals surface area contributed by atoms with Gasteiger partial charge in [-0.25, -0.2) is 0 Å². The summed E-state index contributed by atoms with van der Waals surface area (Å²) < 4.78 is 48.6. The van der Waals surface area contributed by atoms with Crippen LogP contribution in [0, 0.1) is 0 Å². The summed E-state index contributed by atoms with van der Waals surface area (Å²) >= 11 is 0. The van der Waals surface area contributed by atoms with Crippen LogP contribution in [0.15, 0.2) is 24.7 Å². The van der Waals surface area contributed by atoms with Gasteiger partial charge >= 0.3 is 0 Å². The highest BCUT2D eigenvalue weighted by molar-refractivity contribution is 4.96. The van der Waals surface area contributed by atoms with E-state index in [0.29, 0.717) is 106 Å². The highest BCUT2D eigenvalue weighted by Gasteiger charge is 2.03. The fourth-order valence-electron chi connectivity index (χ4n) is 2.78. The van der Waals surface area contributed by atoms with Crippen molar-refractivity contribution in [2.45, 2.75) is 25.7 Å². The summed E-state index contributed by atoms with van der Waals surface area (Å²) in [6.07, 6.45) is 8.28. The molecule has 0 aromatic rings. The molecule has 0 aliphatic heterocycles. The zero-order valence-electron chi connectivity index (χ0n) is 20.2. The second-order valence-corrected chi connectivity index (χ2v) is 7.09. The van der Waals surface area contributed by atoms with Crippen molar-refractivity contribution in [1.29, 1.82) is 0 Å². The summed E-state index contributed by atoms with van der Waals surface area (Å²) in [6, 6.07) is 0. The van der Waals surface area contributed by atoms with Crippen LogP contribution in [-0.4, -0.2) is 106 Å². The predicted octanol–water partition coefficient (Wildman–Crippen LogP) is 2.74. The Kier molecular flexibility index (Phi) is 23.0. The van der Waals surface area contributed by atoms with Gasteiger partial charge in [0.15, 0.2) is 0 Å². The molecule has 194 valence electrons. The zero-order valence-corrected chi connectivity index (χ0v) is 20.2. The average Bonchev–Trinajstić information content (AvgIpc) is 2.84. The van der Waals surface area contributed by atoms with Gasteiger partial charge in [0.1, 0.15) is 13.2 Å². The second kappa shape index (κ2) is 25.4. The van der Waals surface area contributed by atoms with Gasteiger partial charge in [-0.2, -0.15) is 0 Å². The lowest BCUT2D eigenvalue weighted by molar-refractivity contribution is -0.0229. The third-order valence-corrected chi connectivity index (χ3v) is 4.46. The monoisotopic (exact) mass is 476 g/mol. The zero-order chi connectivity index (χ0) is 23.5. The quantitative estimate of drug-likeness (QED) is 0.138. The Balaban J connectivity index is 1.63. The highest BCUT2D eigenvalue weighted by atomic mass is 16.6. The molecule has 0 heterocycles. The van der Waals surface area contributed by atoms with Crippen LogP contribution >= 0.6 is 0 Å². The summed E-state index contributed by atoms with van der Waals surface area (Å²) in [5, 5.41) is 0. The smallest absolute Gasteiger partial charge is 0.111 e. The summed E-state index contributed by atoms with van der Waals surface area (Å²) in [6.45, 7) is 12.2. The fourth-order valence-corrected chi connectivity index (χ4v) is 2.78. The Hall–Kier alpha value is -1.20. The Labute approximate surface area is 199 Å². The minimum Gasteiger partial charge on any atom is -0.499 e. The molecule has 0 bridgehead atoms. The molecule has 0 aromatic carbocycles. The first kappa shape index (κ1) is 29.8. The van der Waals surface area contributed by atoms with Gasteiger partial charge in [0.2, 0.25) is 0 Å². The maximum absolute atomic E-state index is 5.67. The Morgan fingerprint density at radius 1 is 0.545 bits per heavy atom. The number of rotatable bonds is 26. The summed E-state index contributed by atoms with van der Waals surface area (Å²) in [5.41, 5.74) is 0. The first-order chi connectivity index (χ1) is 16.4. The summed E-state index contributed by atoms with van der Waals surface area (Å²) in [7, 11) is 0. The van der Waals surface area contributed by atoms with Crippen molar-refractivity contribution in [3.8, 4) is 0 Å². The first-order valence-corrected chi connectivity index (χ1v) is 12.0. The van der Waals surface area contributed by atoms with Gasteiger partial charge in [-0.15, -0.1) is 0 Å². The van der Waals surface area contributed by atoms with Crippen molar-refractivity contribution < 1.29 is 42.6 Å². The maximum atomic E-state index is 5.67. The molecule has 1 rings (SSSR count). The molecule has 9 heteroatoms. The third kappa shape index (κ3) is 22.4. The molecule has 0 amide bonds. The fraction of sp³-hybridized carbons (Fsp3) is 0.833. The SMILES string of the molecule is C=COCCOCCOCCOCCOCCOCCOCCOCCOC1=CCCCC1. The molecule has 0 atom stereocenters. The Morgan fingerprint density at radius 2 is 0.939 bits per heavy atom. The van der Waals surface area contributed by atoms with Crippen molar-refractivity contribution in [3.05, 3.63) is 24.7 Å². The van der Waals surface area contributed by atoms with Crippen molar-refractivity contribution in [2.24, 2.45) is 0 Å². The van der Waals surface area contributed by atoms with Gasteiger partial charge in [0.05, 0.1) is 105 Å². The highest BCUT2D eigenvalue weighted by Crippen LogP contribution is 2.17. The van der Waals surface area contributed by atoms with Gasteiger partial charge in [-0.1, -0.05) is 6.58 Å². The van der Waals surface area contributed by atoms with Gasteiger partial charge in [-0.05, 0) is 25.3 Å². The lowest BCUT2D eigenvalue weighted by Gasteiger charge is -2.14. The molecule has 0 radical (unpaired) electrons. The number of hydrogen-bond acceptors (Lipinski definition) is 9. The number of allylic oxidation sites excluding steroid dienone is 2. The molecule has 1 aliphatic carbocycles. The molecule has 33 heavy (non-hydrogen) atoms. The molecular weight excluding hydrogens is 432 g/mol. The van der Waals surface area contributed by atoms with Crippen molar-refractivity contribution in [1.82, 2.24) is 0 Å². The lowest BCUT2D eigenvalue weighted by Crippen LogP contribution is -2.15. The number of ether oxygens (including phenoxy) is 9. The van der Waals surface area contributed by atoms with E-state index in [4.69, 9.17) is 42.6 Å².